The molecule has 0 bridgehead atoms. The van der Waals surface area contributed by atoms with E-state index in [9.17, 15) is 4.79 Å². The van der Waals surface area contributed by atoms with Crippen molar-refractivity contribution < 1.29 is 4.79 Å². The highest BCUT2D eigenvalue weighted by Crippen LogP contribution is 2.32. The summed E-state index contributed by atoms with van der Waals surface area (Å²) >= 11 is 0. The molecule has 0 spiro atoms. The van der Waals surface area contributed by atoms with Crippen LogP contribution in [0, 0.1) is 6.92 Å². The van der Waals surface area contributed by atoms with Gasteiger partial charge in [0.25, 0.3) is 5.91 Å². The van der Waals surface area contributed by atoms with Crippen molar-refractivity contribution in [1.82, 2.24) is 14.8 Å². The van der Waals surface area contributed by atoms with Crippen LogP contribution in [0.25, 0.3) is 22.2 Å². The Morgan fingerprint density at radius 3 is 2.69 bits per heavy atom. The highest BCUT2D eigenvalue weighted by atomic mass is 16.2. The molecule has 0 unspecified atom stereocenters. The smallest absolute Gasteiger partial charge is 0.259 e. The molecule has 4 aromatic rings. The van der Waals surface area contributed by atoms with Crippen LogP contribution >= 0.6 is 0 Å². The summed E-state index contributed by atoms with van der Waals surface area (Å²) in [5.74, 6) is -0.00364. The number of rotatable bonds is 2. The van der Waals surface area contributed by atoms with E-state index >= 15 is 0 Å². The number of fused-ring (bicyclic) bond motifs is 2. The van der Waals surface area contributed by atoms with E-state index < -0.39 is 0 Å². The number of aryl methyl sites for hydroxylation is 3. The predicted octanol–water partition coefficient (Wildman–Crippen LogP) is 4.54. The molecule has 1 amide bonds. The van der Waals surface area contributed by atoms with Gasteiger partial charge in [0.05, 0.1) is 11.3 Å². The van der Waals surface area contributed by atoms with E-state index in [2.05, 4.69) is 40.4 Å². The van der Waals surface area contributed by atoms with E-state index in [1.165, 1.54) is 16.7 Å². The van der Waals surface area contributed by atoms with Crippen LogP contribution in [0.1, 0.15) is 28.0 Å². The van der Waals surface area contributed by atoms with Gasteiger partial charge in [-0.3, -0.25) is 9.48 Å². The molecule has 1 aliphatic heterocycles. The van der Waals surface area contributed by atoms with Crippen molar-refractivity contribution in [2.45, 2.75) is 19.8 Å². The van der Waals surface area contributed by atoms with E-state index in [4.69, 9.17) is 0 Å². The Balaban J connectivity index is 1.51. The number of carbonyl (C=O) groups is 1. The van der Waals surface area contributed by atoms with Crippen molar-refractivity contribution in [2.75, 3.05) is 11.4 Å². The summed E-state index contributed by atoms with van der Waals surface area (Å²) in [7, 11) is 1.87. The van der Waals surface area contributed by atoms with Crippen molar-refractivity contribution in [2.24, 2.45) is 7.05 Å². The van der Waals surface area contributed by atoms with Gasteiger partial charge in [-0.2, -0.15) is 5.10 Å². The second-order valence-corrected chi connectivity index (χ2v) is 7.57. The fraction of sp³-hybridized carbons (Fsp3) is 0.208. The van der Waals surface area contributed by atoms with Gasteiger partial charge in [-0.05, 0) is 54.7 Å². The van der Waals surface area contributed by atoms with Gasteiger partial charge in [0, 0.05) is 30.9 Å². The highest BCUT2D eigenvalue weighted by Gasteiger charge is 2.25. The minimum Gasteiger partial charge on any atom is -0.308 e. The lowest BCUT2D eigenvalue weighted by atomic mass is 9.95. The number of benzene rings is 2. The molecular weight excluding hydrogens is 360 g/mol. The zero-order valence-corrected chi connectivity index (χ0v) is 16.6. The summed E-state index contributed by atoms with van der Waals surface area (Å²) < 4.78 is 1.75. The van der Waals surface area contributed by atoms with Gasteiger partial charge in [-0.25, -0.2) is 4.98 Å². The van der Waals surface area contributed by atoms with Crippen LogP contribution < -0.4 is 4.90 Å². The van der Waals surface area contributed by atoms with Crippen LogP contribution in [-0.4, -0.2) is 27.2 Å². The first-order valence-corrected chi connectivity index (χ1v) is 9.91. The molecular formula is C24H22N4O. The number of amides is 1. The van der Waals surface area contributed by atoms with Gasteiger partial charge < -0.3 is 4.90 Å². The van der Waals surface area contributed by atoms with Crippen molar-refractivity contribution in [1.29, 1.82) is 0 Å². The molecule has 29 heavy (non-hydrogen) atoms. The van der Waals surface area contributed by atoms with Gasteiger partial charge in [-0.15, -0.1) is 0 Å². The fourth-order valence-electron chi connectivity index (χ4n) is 4.20. The average Bonchev–Trinajstić information content (AvgIpc) is 3.06. The van der Waals surface area contributed by atoms with Crippen molar-refractivity contribution in [3.05, 3.63) is 77.6 Å². The Bertz CT molecular complexity index is 1230. The maximum Gasteiger partial charge on any atom is 0.259 e. The molecule has 2 aromatic carbocycles. The third-order valence-corrected chi connectivity index (χ3v) is 5.66. The van der Waals surface area contributed by atoms with Crippen LogP contribution in [0.3, 0.4) is 0 Å². The third-order valence-electron chi connectivity index (χ3n) is 5.66. The summed E-state index contributed by atoms with van der Waals surface area (Å²) in [5.41, 5.74) is 6.89. The maximum atomic E-state index is 13.3. The van der Waals surface area contributed by atoms with E-state index in [-0.39, 0.29) is 5.91 Å². The molecule has 2 aromatic heterocycles. The van der Waals surface area contributed by atoms with Crippen LogP contribution in [0.5, 0.6) is 0 Å². The molecule has 5 rings (SSSR count). The summed E-state index contributed by atoms with van der Waals surface area (Å²) in [4.78, 5) is 19.7. The minimum absolute atomic E-state index is 0.00364. The highest BCUT2D eigenvalue weighted by molar-refractivity contribution is 6.08. The summed E-state index contributed by atoms with van der Waals surface area (Å²) in [6.07, 6.45) is 3.61. The third kappa shape index (κ3) is 2.99. The van der Waals surface area contributed by atoms with Crippen molar-refractivity contribution >= 4 is 22.6 Å². The largest absolute Gasteiger partial charge is 0.308 e. The molecule has 0 saturated carbocycles. The normalized spacial score (nSPS) is 13.5. The number of hydrogen-bond donors (Lipinski definition) is 0. The van der Waals surface area contributed by atoms with Crippen LogP contribution in [0.15, 0.2) is 60.8 Å². The average molecular weight is 382 g/mol. The molecule has 0 N–H and O–H groups in total. The van der Waals surface area contributed by atoms with Crippen LogP contribution in [0.4, 0.5) is 5.69 Å². The van der Waals surface area contributed by atoms with E-state index in [0.29, 0.717) is 5.56 Å². The first-order chi connectivity index (χ1) is 14.1. The Kier molecular flexibility index (Phi) is 4.16. The van der Waals surface area contributed by atoms with Gasteiger partial charge in [0.15, 0.2) is 5.65 Å². The number of hydrogen-bond acceptors (Lipinski definition) is 3. The second-order valence-electron chi connectivity index (χ2n) is 7.57. The molecule has 1 aliphatic rings. The van der Waals surface area contributed by atoms with E-state index in [0.717, 1.165) is 41.8 Å². The summed E-state index contributed by atoms with van der Waals surface area (Å²) in [5, 5.41) is 5.33. The molecule has 5 nitrogen and oxygen atoms in total. The number of anilines is 1. The van der Waals surface area contributed by atoms with Gasteiger partial charge >= 0.3 is 0 Å². The first-order valence-electron chi connectivity index (χ1n) is 9.91. The molecule has 144 valence electrons. The Morgan fingerprint density at radius 1 is 1.03 bits per heavy atom. The Morgan fingerprint density at radius 2 is 1.86 bits per heavy atom. The molecule has 5 heteroatoms. The van der Waals surface area contributed by atoms with Crippen LogP contribution in [-0.2, 0) is 13.5 Å². The lowest BCUT2D eigenvalue weighted by Crippen LogP contribution is -2.35. The molecule has 0 aliphatic carbocycles. The molecule has 0 fully saturated rings. The fourth-order valence-corrected chi connectivity index (χ4v) is 4.20. The number of carbonyl (C=O) groups excluding carboxylic acids is 1. The number of aromatic nitrogens is 3. The zero-order valence-electron chi connectivity index (χ0n) is 16.6. The van der Waals surface area contributed by atoms with Gasteiger partial charge in [0.1, 0.15) is 0 Å². The maximum absolute atomic E-state index is 13.3. The van der Waals surface area contributed by atoms with Gasteiger partial charge in [0.2, 0.25) is 0 Å². The van der Waals surface area contributed by atoms with Crippen molar-refractivity contribution in [3.8, 4) is 11.1 Å². The Hall–Kier alpha value is -3.47. The topological polar surface area (TPSA) is 51.0 Å². The predicted molar refractivity (Wildman–Crippen MR) is 115 cm³/mol. The number of pyridine rings is 1. The lowest BCUT2D eigenvalue weighted by Gasteiger charge is -2.30. The summed E-state index contributed by atoms with van der Waals surface area (Å²) in [6.45, 7) is 2.67. The first kappa shape index (κ1) is 17.6. The lowest BCUT2D eigenvalue weighted by molar-refractivity contribution is 0.0985. The SMILES string of the molecule is Cc1nn(C)c2ncc(C(=O)N3CCCc4cc(-c5ccccc5)ccc43)cc12. The molecule has 0 atom stereocenters. The Labute approximate surface area is 169 Å². The van der Waals surface area contributed by atoms with Gasteiger partial charge in [-0.1, -0.05) is 36.4 Å². The summed E-state index contributed by atoms with van der Waals surface area (Å²) in [6, 6.07) is 18.7. The van der Waals surface area contributed by atoms with Crippen molar-refractivity contribution in [3.63, 3.8) is 0 Å². The zero-order chi connectivity index (χ0) is 20.0. The van der Waals surface area contributed by atoms with E-state index in [1.807, 2.05) is 43.1 Å². The minimum atomic E-state index is -0.00364. The monoisotopic (exact) mass is 382 g/mol. The molecule has 0 radical (unpaired) electrons. The quantitative estimate of drug-likeness (QED) is 0.512. The standard InChI is InChI=1S/C24H22N4O/c1-16-21-14-20(15-25-23(21)27(2)26-16)24(29)28-12-6-9-19-13-18(10-11-22(19)28)17-7-4-3-5-8-17/h3-5,7-8,10-11,13-15H,6,9,12H2,1-2H3. The number of nitrogens with zero attached hydrogens (tertiary/aromatic N) is 4. The molecule has 0 saturated heterocycles. The molecule has 3 heterocycles. The second kappa shape index (κ2) is 6.85. The van der Waals surface area contributed by atoms with E-state index in [1.54, 1.807) is 10.9 Å². The van der Waals surface area contributed by atoms with Crippen LogP contribution in [0.2, 0.25) is 0 Å².